The Morgan fingerprint density at radius 3 is 2.70 bits per heavy atom. The molecule has 0 saturated heterocycles. The van der Waals surface area contributed by atoms with Crippen molar-refractivity contribution in [3.8, 4) is 11.3 Å². The highest BCUT2D eigenvalue weighted by molar-refractivity contribution is 7.99. The summed E-state index contributed by atoms with van der Waals surface area (Å²) in [5.74, 6) is 0.0730. The lowest BCUT2D eigenvalue weighted by Gasteiger charge is -2.05. The molecule has 0 aliphatic heterocycles. The topological polar surface area (TPSA) is 81.4 Å². The molecule has 2 aromatic carbocycles. The molecule has 3 aromatic rings. The van der Waals surface area contributed by atoms with Gasteiger partial charge in [0.05, 0.1) is 24.6 Å². The van der Waals surface area contributed by atoms with E-state index < -0.39 is 5.97 Å². The molecule has 0 aliphatic rings. The van der Waals surface area contributed by atoms with Gasteiger partial charge in [0.1, 0.15) is 0 Å². The fraction of sp³-hybridized carbons (Fsp3) is 0.105. The summed E-state index contributed by atoms with van der Waals surface area (Å²) >= 11 is 7.15. The van der Waals surface area contributed by atoms with E-state index in [9.17, 15) is 9.59 Å². The van der Waals surface area contributed by atoms with Crippen LogP contribution >= 0.6 is 23.4 Å². The van der Waals surface area contributed by atoms with Crippen molar-refractivity contribution in [3.05, 3.63) is 65.3 Å². The standard InChI is InChI=1S/C19H15ClN2O4S/c1-25-18(24)12-5-7-15(8-6-12)22-17(23)11-27-19-21-10-16(26-19)13-3-2-4-14(20)9-13/h2-10H,11H2,1H3,(H,22,23). The number of aromatic nitrogens is 1. The van der Waals surface area contributed by atoms with E-state index in [1.807, 2.05) is 12.1 Å². The van der Waals surface area contributed by atoms with Gasteiger partial charge in [-0.3, -0.25) is 4.79 Å². The Bertz CT molecular complexity index is 956. The summed E-state index contributed by atoms with van der Waals surface area (Å²) in [6, 6.07) is 13.7. The summed E-state index contributed by atoms with van der Waals surface area (Å²) in [6.07, 6.45) is 1.59. The monoisotopic (exact) mass is 402 g/mol. The summed E-state index contributed by atoms with van der Waals surface area (Å²) in [5, 5.41) is 3.74. The summed E-state index contributed by atoms with van der Waals surface area (Å²) in [7, 11) is 1.32. The maximum absolute atomic E-state index is 12.1. The van der Waals surface area contributed by atoms with Gasteiger partial charge in [0, 0.05) is 16.3 Å². The summed E-state index contributed by atoms with van der Waals surface area (Å²) in [5.41, 5.74) is 1.82. The minimum atomic E-state index is -0.428. The first-order valence-corrected chi connectivity index (χ1v) is 9.24. The fourth-order valence-corrected chi connectivity index (χ4v) is 3.02. The molecule has 1 N–H and O–H groups in total. The van der Waals surface area contributed by atoms with Crippen LogP contribution in [0.25, 0.3) is 11.3 Å². The molecule has 0 bridgehead atoms. The van der Waals surface area contributed by atoms with Crippen LogP contribution in [-0.2, 0) is 9.53 Å². The molecule has 0 spiro atoms. The summed E-state index contributed by atoms with van der Waals surface area (Å²) in [4.78, 5) is 27.6. The molecule has 3 rings (SSSR count). The first-order valence-electron chi connectivity index (χ1n) is 7.88. The van der Waals surface area contributed by atoms with Crippen LogP contribution in [0.2, 0.25) is 5.02 Å². The maximum Gasteiger partial charge on any atom is 0.337 e. The Morgan fingerprint density at radius 2 is 2.00 bits per heavy atom. The molecule has 6 nitrogen and oxygen atoms in total. The van der Waals surface area contributed by atoms with Gasteiger partial charge in [-0.05, 0) is 36.4 Å². The van der Waals surface area contributed by atoms with Crippen LogP contribution in [0.15, 0.2) is 64.4 Å². The zero-order chi connectivity index (χ0) is 19.2. The van der Waals surface area contributed by atoms with E-state index in [1.54, 1.807) is 42.6 Å². The van der Waals surface area contributed by atoms with E-state index in [0.29, 0.717) is 27.3 Å². The predicted octanol–water partition coefficient (Wildman–Crippen LogP) is 4.51. The number of methoxy groups -OCH3 is 1. The van der Waals surface area contributed by atoms with Gasteiger partial charge in [0.15, 0.2) is 5.76 Å². The lowest BCUT2D eigenvalue weighted by atomic mass is 10.2. The zero-order valence-electron chi connectivity index (χ0n) is 14.3. The van der Waals surface area contributed by atoms with Crippen LogP contribution in [0.1, 0.15) is 10.4 Å². The normalized spacial score (nSPS) is 10.4. The number of thioether (sulfide) groups is 1. The Balaban J connectivity index is 1.54. The van der Waals surface area contributed by atoms with Crippen molar-refractivity contribution >= 4 is 40.9 Å². The molecule has 1 amide bonds. The molecular formula is C19H15ClN2O4S. The Morgan fingerprint density at radius 1 is 1.22 bits per heavy atom. The van der Waals surface area contributed by atoms with E-state index in [-0.39, 0.29) is 11.7 Å². The number of benzene rings is 2. The van der Waals surface area contributed by atoms with Crippen molar-refractivity contribution in [2.24, 2.45) is 0 Å². The van der Waals surface area contributed by atoms with Gasteiger partial charge < -0.3 is 14.5 Å². The quantitative estimate of drug-likeness (QED) is 0.482. The van der Waals surface area contributed by atoms with Crippen LogP contribution < -0.4 is 5.32 Å². The van der Waals surface area contributed by atoms with Gasteiger partial charge in [-0.2, -0.15) is 0 Å². The van der Waals surface area contributed by atoms with Crippen molar-refractivity contribution in [2.75, 3.05) is 18.2 Å². The molecule has 1 aromatic heterocycles. The molecule has 0 radical (unpaired) electrons. The number of nitrogens with zero attached hydrogens (tertiary/aromatic N) is 1. The summed E-state index contributed by atoms with van der Waals surface area (Å²) < 4.78 is 10.3. The predicted molar refractivity (Wildman–Crippen MR) is 104 cm³/mol. The average molecular weight is 403 g/mol. The average Bonchev–Trinajstić information content (AvgIpc) is 3.15. The number of hydrogen-bond donors (Lipinski definition) is 1. The largest absolute Gasteiger partial charge is 0.465 e. The highest BCUT2D eigenvalue weighted by atomic mass is 35.5. The van der Waals surface area contributed by atoms with Gasteiger partial charge in [-0.15, -0.1) is 0 Å². The molecule has 27 heavy (non-hydrogen) atoms. The highest BCUT2D eigenvalue weighted by Crippen LogP contribution is 2.27. The third-order valence-electron chi connectivity index (χ3n) is 3.51. The molecular weight excluding hydrogens is 388 g/mol. The van der Waals surface area contributed by atoms with Crippen LogP contribution in [0, 0.1) is 0 Å². The van der Waals surface area contributed by atoms with Crippen molar-refractivity contribution in [1.82, 2.24) is 4.98 Å². The van der Waals surface area contributed by atoms with Gasteiger partial charge in [0.25, 0.3) is 5.22 Å². The first-order chi connectivity index (χ1) is 13.0. The minimum Gasteiger partial charge on any atom is -0.465 e. The number of anilines is 1. The van der Waals surface area contributed by atoms with Crippen LogP contribution in [0.3, 0.4) is 0 Å². The van der Waals surface area contributed by atoms with E-state index in [4.69, 9.17) is 16.0 Å². The number of amides is 1. The Kier molecular flexibility index (Phi) is 6.16. The number of nitrogens with one attached hydrogen (secondary N) is 1. The van der Waals surface area contributed by atoms with Crippen LogP contribution in [0.5, 0.6) is 0 Å². The van der Waals surface area contributed by atoms with Gasteiger partial charge >= 0.3 is 5.97 Å². The second-order valence-corrected chi connectivity index (χ2v) is 6.77. The number of ether oxygens (including phenoxy) is 1. The van der Waals surface area contributed by atoms with Gasteiger partial charge in [0.2, 0.25) is 5.91 Å². The van der Waals surface area contributed by atoms with Crippen molar-refractivity contribution in [1.29, 1.82) is 0 Å². The van der Waals surface area contributed by atoms with E-state index in [1.165, 1.54) is 18.9 Å². The fourth-order valence-electron chi connectivity index (χ4n) is 2.23. The molecule has 0 unspecified atom stereocenters. The number of carbonyl (C=O) groups is 2. The number of oxazole rings is 1. The molecule has 138 valence electrons. The number of hydrogen-bond acceptors (Lipinski definition) is 6. The Hall–Kier alpha value is -2.77. The SMILES string of the molecule is COC(=O)c1ccc(NC(=O)CSc2ncc(-c3cccc(Cl)c3)o2)cc1. The number of carbonyl (C=O) groups excluding carboxylic acids is 2. The number of esters is 1. The number of rotatable bonds is 6. The van der Waals surface area contributed by atoms with E-state index in [2.05, 4.69) is 15.0 Å². The lowest BCUT2D eigenvalue weighted by molar-refractivity contribution is -0.113. The number of halogens is 1. The Labute approximate surface area is 164 Å². The second-order valence-electron chi connectivity index (χ2n) is 5.41. The third-order valence-corrected chi connectivity index (χ3v) is 4.59. The van der Waals surface area contributed by atoms with Crippen molar-refractivity contribution in [2.45, 2.75) is 5.22 Å². The molecule has 0 fully saturated rings. The minimum absolute atomic E-state index is 0.133. The molecule has 0 saturated carbocycles. The van der Waals surface area contributed by atoms with E-state index in [0.717, 1.165) is 5.56 Å². The molecule has 0 atom stereocenters. The smallest absolute Gasteiger partial charge is 0.337 e. The first kappa shape index (κ1) is 19.0. The zero-order valence-corrected chi connectivity index (χ0v) is 15.8. The maximum atomic E-state index is 12.1. The van der Waals surface area contributed by atoms with Gasteiger partial charge in [-0.1, -0.05) is 35.5 Å². The molecule has 8 heteroatoms. The molecule has 1 heterocycles. The lowest BCUT2D eigenvalue weighted by Crippen LogP contribution is -2.14. The van der Waals surface area contributed by atoms with Crippen molar-refractivity contribution < 1.29 is 18.7 Å². The second kappa shape index (κ2) is 8.75. The molecule has 0 aliphatic carbocycles. The van der Waals surface area contributed by atoms with E-state index >= 15 is 0 Å². The highest BCUT2D eigenvalue weighted by Gasteiger charge is 2.11. The van der Waals surface area contributed by atoms with Crippen LogP contribution in [0.4, 0.5) is 5.69 Å². The summed E-state index contributed by atoms with van der Waals surface area (Å²) in [6.45, 7) is 0. The van der Waals surface area contributed by atoms with Crippen molar-refractivity contribution in [3.63, 3.8) is 0 Å². The van der Waals surface area contributed by atoms with Gasteiger partial charge in [-0.25, -0.2) is 9.78 Å². The van der Waals surface area contributed by atoms with Crippen LogP contribution in [-0.4, -0.2) is 29.7 Å². The third kappa shape index (κ3) is 5.12.